The van der Waals surface area contributed by atoms with Crippen molar-refractivity contribution in [1.29, 1.82) is 0 Å². The van der Waals surface area contributed by atoms with Crippen molar-refractivity contribution in [1.82, 2.24) is 26.2 Å². The highest BCUT2D eigenvalue weighted by atomic mass is 16.2. The Morgan fingerprint density at radius 1 is 0.854 bits per heavy atom. The maximum atomic E-state index is 14.3. The van der Waals surface area contributed by atoms with Crippen LogP contribution in [0.15, 0.2) is 12.7 Å². The van der Waals surface area contributed by atoms with E-state index in [1.807, 2.05) is 13.8 Å². The van der Waals surface area contributed by atoms with E-state index >= 15 is 0 Å². The fraction of sp³-hybridized carbons (Fsp3) is 0.784. The number of nitrogens with zero attached hydrogens (tertiary/aromatic N) is 1. The average molecular weight is 670 g/mol. The van der Waals surface area contributed by atoms with E-state index in [4.69, 9.17) is 0 Å². The molecule has 0 spiro atoms. The summed E-state index contributed by atoms with van der Waals surface area (Å²) >= 11 is 0. The summed E-state index contributed by atoms with van der Waals surface area (Å²) in [6.07, 6.45) is 15.8. The van der Waals surface area contributed by atoms with Crippen molar-refractivity contribution in [3.05, 3.63) is 12.7 Å². The van der Waals surface area contributed by atoms with Crippen LogP contribution in [0.25, 0.3) is 0 Å². The third-order valence-electron chi connectivity index (χ3n) is 10.9. The van der Waals surface area contributed by atoms with Crippen molar-refractivity contribution < 1.29 is 28.8 Å². The lowest BCUT2D eigenvalue weighted by atomic mass is 9.81. The van der Waals surface area contributed by atoms with Crippen LogP contribution < -0.4 is 21.3 Å². The molecule has 11 nitrogen and oxygen atoms in total. The van der Waals surface area contributed by atoms with Crippen molar-refractivity contribution in [2.24, 2.45) is 23.7 Å². The van der Waals surface area contributed by atoms with Crippen LogP contribution in [0.2, 0.25) is 0 Å². The maximum Gasteiger partial charge on any atom is 0.316 e. The molecule has 0 aromatic heterocycles. The van der Waals surface area contributed by atoms with Crippen molar-refractivity contribution in [3.63, 3.8) is 0 Å². The van der Waals surface area contributed by atoms with E-state index in [0.717, 1.165) is 83.5 Å². The molecule has 0 unspecified atom stereocenters. The number of amides is 5. The number of urea groups is 1. The second kappa shape index (κ2) is 18.5. The van der Waals surface area contributed by atoms with Gasteiger partial charge in [0.2, 0.25) is 17.6 Å². The minimum Gasteiger partial charge on any atom is -0.346 e. The third-order valence-corrected chi connectivity index (χ3v) is 10.9. The number of ketones is 2. The molecule has 4 rings (SSSR count). The molecule has 4 N–H and O–H groups in total. The number of rotatable bonds is 10. The molecule has 0 bridgehead atoms. The van der Waals surface area contributed by atoms with Crippen molar-refractivity contribution in [2.75, 3.05) is 13.1 Å². The number of hydrogen-bond acceptors (Lipinski definition) is 6. The van der Waals surface area contributed by atoms with Gasteiger partial charge in [-0.15, -0.1) is 6.58 Å². The Morgan fingerprint density at radius 3 is 2.08 bits per heavy atom. The van der Waals surface area contributed by atoms with E-state index in [0.29, 0.717) is 32.2 Å². The number of Topliss-reactive ketones (excluding diaryl/α,β-unsaturated/α-hetero) is 2. The van der Waals surface area contributed by atoms with Crippen LogP contribution in [0.4, 0.5) is 4.79 Å². The normalized spacial score (nSPS) is 27.4. The Morgan fingerprint density at radius 2 is 1.46 bits per heavy atom. The van der Waals surface area contributed by atoms with Gasteiger partial charge in [0.25, 0.3) is 5.91 Å². The van der Waals surface area contributed by atoms with E-state index in [9.17, 15) is 28.8 Å². The van der Waals surface area contributed by atoms with E-state index in [-0.39, 0.29) is 41.9 Å². The first-order valence-corrected chi connectivity index (χ1v) is 18.8. The lowest BCUT2D eigenvalue weighted by Crippen LogP contribution is -2.59. The van der Waals surface area contributed by atoms with Crippen LogP contribution in [0.1, 0.15) is 123 Å². The predicted octanol–water partition coefficient (Wildman–Crippen LogP) is 4.34. The van der Waals surface area contributed by atoms with Gasteiger partial charge in [-0.1, -0.05) is 84.1 Å². The molecule has 2 aliphatic heterocycles. The summed E-state index contributed by atoms with van der Waals surface area (Å²) < 4.78 is 0. The van der Waals surface area contributed by atoms with Gasteiger partial charge >= 0.3 is 6.03 Å². The molecule has 4 aliphatic rings. The van der Waals surface area contributed by atoms with Gasteiger partial charge in [0, 0.05) is 19.0 Å². The molecule has 0 radical (unpaired) electrons. The molecule has 0 aromatic carbocycles. The van der Waals surface area contributed by atoms with Gasteiger partial charge in [0.1, 0.15) is 12.1 Å². The molecular weight excluding hydrogens is 610 g/mol. The van der Waals surface area contributed by atoms with Crippen LogP contribution in [0.3, 0.4) is 0 Å². The van der Waals surface area contributed by atoms with Gasteiger partial charge in [0.05, 0.1) is 12.1 Å². The molecule has 2 saturated carbocycles. The number of hydrogen-bond donors (Lipinski definition) is 4. The summed E-state index contributed by atoms with van der Waals surface area (Å²) in [5.74, 6) is -2.08. The van der Waals surface area contributed by atoms with Crippen LogP contribution in [0, 0.1) is 23.7 Å². The second-order valence-electron chi connectivity index (χ2n) is 14.9. The summed E-state index contributed by atoms with van der Waals surface area (Å²) in [6.45, 7) is 8.11. The van der Waals surface area contributed by atoms with Crippen molar-refractivity contribution in [3.8, 4) is 0 Å². The first-order valence-electron chi connectivity index (χ1n) is 18.8. The molecule has 2 aliphatic carbocycles. The SMILES string of the molecule is C=CCNC(=O)C(=O)[C@@H]1CCCCCCCCC[C@H](NC(=O)N[C@H](C(=O)C2CC2)C2CCCCC2)C(=O)N2CC[C@H](C(C)C)[C@H]2C(=O)N1. The first kappa shape index (κ1) is 37.6. The molecule has 0 aromatic rings. The van der Waals surface area contributed by atoms with Crippen molar-refractivity contribution in [2.45, 2.75) is 147 Å². The van der Waals surface area contributed by atoms with Gasteiger partial charge in [0.15, 0.2) is 5.78 Å². The van der Waals surface area contributed by atoms with Crippen molar-refractivity contribution >= 4 is 35.3 Å². The third kappa shape index (κ3) is 10.4. The fourth-order valence-electron chi connectivity index (χ4n) is 7.92. The minimum atomic E-state index is -0.999. The molecule has 5 atom stereocenters. The van der Waals surface area contributed by atoms with Gasteiger partial charge in [-0.3, -0.25) is 24.0 Å². The summed E-state index contributed by atoms with van der Waals surface area (Å²) in [5, 5.41) is 11.4. The highest BCUT2D eigenvalue weighted by molar-refractivity contribution is 6.38. The number of fused-ring (bicyclic) bond motifs is 1. The maximum absolute atomic E-state index is 14.3. The highest BCUT2D eigenvalue weighted by Crippen LogP contribution is 2.36. The molecule has 2 heterocycles. The lowest BCUT2D eigenvalue weighted by Gasteiger charge is -2.34. The zero-order valence-corrected chi connectivity index (χ0v) is 29.2. The van der Waals surface area contributed by atoms with Crippen LogP contribution in [-0.2, 0) is 24.0 Å². The fourth-order valence-corrected chi connectivity index (χ4v) is 7.92. The molecule has 5 amide bonds. The molecule has 11 heteroatoms. The molecule has 268 valence electrons. The lowest BCUT2D eigenvalue weighted by molar-refractivity contribution is -0.143. The first-order chi connectivity index (χ1) is 23.1. The van der Waals surface area contributed by atoms with Gasteiger partial charge < -0.3 is 26.2 Å². The summed E-state index contributed by atoms with van der Waals surface area (Å²) in [7, 11) is 0. The second-order valence-corrected chi connectivity index (χ2v) is 14.9. The van der Waals surface area contributed by atoms with E-state index in [1.54, 1.807) is 4.90 Å². The summed E-state index contributed by atoms with van der Waals surface area (Å²) in [5.41, 5.74) is 0. The monoisotopic (exact) mass is 669 g/mol. The predicted molar refractivity (Wildman–Crippen MR) is 184 cm³/mol. The van der Waals surface area contributed by atoms with Crippen LogP contribution in [0.5, 0.6) is 0 Å². The standard InChI is InChI=1S/C37H59N5O6/c1-4-22-38-35(46)33(44)28-17-13-8-6-5-7-9-14-18-29(36(47)42-23-21-27(24(2)3)31(42)34(45)39-28)40-37(48)41-30(32(43)26-19-20-26)25-15-11-10-12-16-25/h4,24-31H,1,5-23H2,2-3H3,(H,38,46)(H,39,45)(H2,40,41,48)/t27-,28+,29+,30+,31+/m1/s1. The highest BCUT2D eigenvalue weighted by Gasteiger charge is 2.46. The van der Waals surface area contributed by atoms with Gasteiger partial charge in [-0.25, -0.2) is 4.79 Å². The van der Waals surface area contributed by atoms with E-state index in [1.165, 1.54) is 6.08 Å². The van der Waals surface area contributed by atoms with Crippen LogP contribution >= 0.6 is 0 Å². The zero-order valence-electron chi connectivity index (χ0n) is 29.2. The van der Waals surface area contributed by atoms with E-state index in [2.05, 4.69) is 27.8 Å². The average Bonchev–Trinajstić information content (AvgIpc) is 3.83. The van der Waals surface area contributed by atoms with Gasteiger partial charge in [-0.2, -0.15) is 0 Å². The molecule has 48 heavy (non-hydrogen) atoms. The number of carbonyl (C=O) groups is 6. The quantitative estimate of drug-likeness (QED) is 0.201. The largest absolute Gasteiger partial charge is 0.346 e. The Balaban J connectivity index is 1.55. The summed E-state index contributed by atoms with van der Waals surface area (Å²) in [4.78, 5) is 82.7. The smallest absolute Gasteiger partial charge is 0.316 e. The topological polar surface area (TPSA) is 154 Å². The molecular formula is C37H59N5O6. The molecule has 4 fully saturated rings. The van der Waals surface area contributed by atoms with Gasteiger partial charge in [-0.05, 0) is 62.7 Å². The summed E-state index contributed by atoms with van der Waals surface area (Å²) in [6, 6.07) is -3.75. The molecule has 2 saturated heterocycles. The van der Waals surface area contributed by atoms with E-state index < -0.39 is 47.8 Å². The van der Waals surface area contributed by atoms with Crippen LogP contribution in [-0.4, -0.2) is 77.5 Å². The zero-order chi connectivity index (χ0) is 34.6. The Bertz CT molecular complexity index is 1160. The minimum absolute atomic E-state index is 0.0158. The number of nitrogens with one attached hydrogen (secondary N) is 4. The number of carbonyl (C=O) groups excluding carboxylic acids is 6. The Hall–Kier alpha value is -3.24. The Labute approximate surface area is 286 Å². The Kier molecular flexibility index (Phi) is 14.5.